The first-order valence-electron chi connectivity index (χ1n) is 7.67. The summed E-state index contributed by atoms with van der Waals surface area (Å²) in [6.07, 6.45) is -0.727. The van der Waals surface area contributed by atoms with Gasteiger partial charge in [-0.1, -0.05) is 29.8 Å². The fourth-order valence-corrected chi connectivity index (χ4v) is 3.11. The first-order valence-corrected chi connectivity index (χ1v) is 8.11. The molecule has 2 aromatic rings. The lowest BCUT2D eigenvalue weighted by atomic mass is 10.1. The number of thiol groups is 1. The van der Waals surface area contributed by atoms with Crippen molar-refractivity contribution in [3.63, 3.8) is 0 Å². The van der Waals surface area contributed by atoms with Crippen molar-refractivity contribution in [2.45, 2.75) is 13.1 Å². The van der Waals surface area contributed by atoms with Crippen molar-refractivity contribution in [2.75, 3.05) is 4.90 Å². The van der Waals surface area contributed by atoms with Crippen LogP contribution in [0.3, 0.4) is 0 Å². The molecule has 1 aliphatic heterocycles. The summed E-state index contributed by atoms with van der Waals surface area (Å²) in [5, 5.41) is 23.3. The van der Waals surface area contributed by atoms with Crippen LogP contribution < -0.4 is 10.2 Å². The van der Waals surface area contributed by atoms with E-state index >= 15 is 0 Å². The molecule has 8 heteroatoms. The van der Waals surface area contributed by atoms with Crippen LogP contribution in [0.5, 0.6) is 0 Å². The lowest BCUT2D eigenvalue weighted by Crippen LogP contribution is -2.46. The number of nitro groups is 1. The molecule has 0 radical (unpaired) electrons. The summed E-state index contributed by atoms with van der Waals surface area (Å²) < 4.78 is 0. The van der Waals surface area contributed by atoms with Crippen LogP contribution in [0.4, 0.5) is 11.4 Å². The SMILES string of the molecule is Cc1ccc(N2C(S)=C(C#N)C(=O)NC2c2cccc([N+](=O)[O-])c2)cc1. The van der Waals surface area contributed by atoms with Gasteiger partial charge in [-0.15, -0.1) is 12.6 Å². The predicted octanol–water partition coefficient (Wildman–Crippen LogP) is 3.20. The number of nitro benzene ring substituents is 1. The minimum absolute atomic E-state index is 0.0867. The molecule has 3 rings (SSSR count). The molecule has 1 heterocycles. The molecular formula is C18H14N4O3S. The van der Waals surface area contributed by atoms with Crippen LogP contribution in [0.1, 0.15) is 17.3 Å². The Labute approximate surface area is 155 Å². The Kier molecular flexibility index (Phi) is 4.65. The van der Waals surface area contributed by atoms with Gasteiger partial charge in [0.2, 0.25) is 0 Å². The highest BCUT2D eigenvalue weighted by atomic mass is 32.1. The molecule has 0 fully saturated rings. The Bertz CT molecular complexity index is 963. The van der Waals surface area contributed by atoms with E-state index in [4.69, 9.17) is 0 Å². The van der Waals surface area contributed by atoms with E-state index in [0.717, 1.165) is 5.56 Å². The van der Waals surface area contributed by atoms with Crippen molar-refractivity contribution in [1.29, 1.82) is 5.26 Å². The Morgan fingerprint density at radius 1 is 1.27 bits per heavy atom. The second-order valence-electron chi connectivity index (χ2n) is 5.74. The lowest BCUT2D eigenvalue weighted by Gasteiger charge is -2.38. The summed E-state index contributed by atoms with van der Waals surface area (Å²) in [5.74, 6) is -0.572. The number of benzene rings is 2. The number of hydrogen-bond donors (Lipinski definition) is 2. The van der Waals surface area contributed by atoms with Crippen LogP contribution in [0.15, 0.2) is 59.1 Å². The maximum atomic E-state index is 12.3. The van der Waals surface area contributed by atoms with Gasteiger partial charge in [0.25, 0.3) is 11.6 Å². The fourth-order valence-electron chi connectivity index (χ4n) is 2.72. The van der Waals surface area contributed by atoms with Gasteiger partial charge in [0.05, 0.1) is 9.95 Å². The third-order valence-corrected chi connectivity index (χ3v) is 4.46. The molecule has 1 N–H and O–H groups in total. The van der Waals surface area contributed by atoms with Gasteiger partial charge in [-0.3, -0.25) is 14.9 Å². The highest BCUT2D eigenvalue weighted by Gasteiger charge is 2.34. The summed E-state index contributed by atoms with van der Waals surface area (Å²) in [6.45, 7) is 1.94. The molecule has 130 valence electrons. The van der Waals surface area contributed by atoms with Crippen LogP contribution in [0.2, 0.25) is 0 Å². The summed E-state index contributed by atoms with van der Waals surface area (Å²) in [7, 11) is 0. The Balaban J connectivity index is 2.16. The molecule has 1 aliphatic rings. The van der Waals surface area contributed by atoms with Gasteiger partial charge in [0, 0.05) is 23.4 Å². The zero-order chi connectivity index (χ0) is 18.8. The van der Waals surface area contributed by atoms with Crippen LogP contribution in [-0.2, 0) is 4.79 Å². The number of aryl methyl sites for hydroxylation is 1. The first kappa shape index (κ1) is 17.5. The molecule has 26 heavy (non-hydrogen) atoms. The minimum atomic E-state index is -0.727. The summed E-state index contributed by atoms with van der Waals surface area (Å²) >= 11 is 4.39. The van der Waals surface area contributed by atoms with Gasteiger partial charge >= 0.3 is 0 Å². The normalized spacial score (nSPS) is 16.9. The topological polar surface area (TPSA) is 99.3 Å². The maximum absolute atomic E-state index is 12.3. The highest BCUT2D eigenvalue weighted by molar-refractivity contribution is 7.84. The van der Waals surface area contributed by atoms with E-state index in [1.807, 2.05) is 37.3 Å². The van der Waals surface area contributed by atoms with Crippen molar-refractivity contribution >= 4 is 29.9 Å². The van der Waals surface area contributed by atoms with Gasteiger partial charge in [-0.25, -0.2) is 0 Å². The first-order chi connectivity index (χ1) is 12.4. The van der Waals surface area contributed by atoms with E-state index in [9.17, 15) is 20.2 Å². The average molecular weight is 366 g/mol. The van der Waals surface area contributed by atoms with Crippen molar-refractivity contribution in [3.05, 3.63) is 80.4 Å². The molecule has 0 spiro atoms. The third-order valence-electron chi connectivity index (χ3n) is 4.03. The van der Waals surface area contributed by atoms with Gasteiger partial charge in [0.15, 0.2) is 0 Å². The smallest absolute Gasteiger partial charge is 0.269 e. The zero-order valence-corrected chi connectivity index (χ0v) is 14.6. The van der Waals surface area contributed by atoms with Crippen molar-refractivity contribution < 1.29 is 9.72 Å². The minimum Gasteiger partial charge on any atom is -0.327 e. The summed E-state index contributed by atoms with van der Waals surface area (Å²) in [5.41, 5.74) is 2.06. The van der Waals surface area contributed by atoms with Crippen LogP contribution >= 0.6 is 12.6 Å². The Hall–Kier alpha value is -3.31. The number of nitrogens with zero attached hydrogens (tertiary/aromatic N) is 3. The lowest BCUT2D eigenvalue weighted by molar-refractivity contribution is -0.384. The van der Waals surface area contributed by atoms with E-state index in [-0.39, 0.29) is 16.3 Å². The van der Waals surface area contributed by atoms with Crippen molar-refractivity contribution in [3.8, 4) is 6.07 Å². The third kappa shape index (κ3) is 3.12. The highest BCUT2D eigenvalue weighted by Crippen LogP contribution is 2.36. The van der Waals surface area contributed by atoms with Gasteiger partial charge in [-0.2, -0.15) is 5.26 Å². The Morgan fingerprint density at radius 3 is 2.58 bits per heavy atom. The molecule has 1 atom stereocenters. The van der Waals surface area contributed by atoms with Gasteiger partial charge in [-0.05, 0) is 19.1 Å². The van der Waals surface area contributed by atoms with Crippen LogP contribution in [-0.4, -0.2) is 10.8 Å². The van der Waals surface area contributed by atoms with E-state index in [2.05, 4.69) is 17.9 Å². The van der Waals surface area contributed by atoms with Gasteiger partial charge in [0.1, 0.15) is 17.8 Å². The summed E-state index contributed by atoms with van der Waals surface area (Å²) in [6, 6.07) is 15.3. The van der Waals surface area contributed by atoms with E-state index in [1.165, 1.54) is 12.1 Å². The number of amides is 1. The molecule has 2 aromatic carbocycles. The van der Waals surface area contributed by atoms with E-state index in [1.54, 1.807) is 17.0 Å². The molecule has 1 amide bonds. The second kappa shape index (κ2) is 6.90. The molecule has 0 bridgehead atoms. The predicted molar refractivity (Wildman–Crippen MR) is 99.3 cm³/mol. The number of anilines is 1. The molecule has 0 aliphatic carbocycles. The standard InChI is InChI=1S/C18H14N4O3S/c1-11-5-7-13(8-6-11)21-16(20-17(23)15(10-19)18(21)26)12-3-2-4-14(9-12)22(24)25/h2-9,16,26H,1H3,(H,20,23). The summed E-state index contributed by atoms with van der Waals surface area (Å²) in [4.78, 5) is 24.5. The number of non-ortho nitro benzene ring substituents is 1. The van der Waals surface area contributed by atoms with Crippen LogP contribution in [0, 0.1) is 28.4 Å². The van der Waals surface area contributed by atoms with E-state index in [0.29, 0.717) is 11.3 Å². The molecule has 0 saturated carbocycles. The second-order valence-corrected chi connectivity index (χ2v) is 6.17. The monoisotopic (exact) mass is 366 g/mol. The molecule has 0 saturated heterocycles. The fraction of sp³-hybridized carbons (Fsp3) is 0.111. The maximum Gasteiger partial charge on any atom is 0.269 e. The zero-order valence-electron chi connectivity index (χ0n) is 13.7. The van der Waals surface area contributed by atoms with E-state index < -0.39 is 17.0 Å². The Morgan fingerprint density at radius 2 is 1.96 bits per heavy atom. The molecule has 1 unspecified atom stereocenters. The van der Waals surface area contributed by atoms with Crippen molar-refractivity contribution in [1.82, 2.24) is 5.32 Å². The number of carbonyl (C=O) groups excluding carboxylic acids is 1. The number of nitrogens with one attached hydrogen (secondary N) is 1. The van der Waals surface area contributed by atoms with Gasteiger partial charge < -0.3 is 10.2 Å². The molecular weight excluding hydrogens is 352 g/mol. The number of nitriles is 1. The van der Waals surface area contributed by atoms with Crippen molar-refractivity contribution in [2.24, 2.45) is 0 Å². The molecule has 7 nitrogen and oxygen atoms in total. The van der Waals surface area contributed by atoms with Crippen LogP contribution in [0.25, 0.3) is 0 Å². The number of carbonyl (C=O) groups is 1. The number of hydrogen-bond acceptors (Lipinski definition) is 6. The molecule has 0 aromatic heterocycles. The number of rotatable bonds is 3. The largest absolute Gasteiger partial charge is 0.327 e. The average Bonchev–Trinajstić information content (AvgIpc) is 2.63. The quantitative estimate of drug-likeness (QED) is 0.494.